The monoisotopic (exact) mass is 320 g/mol. The maximum Gasteiger partial charge on any atom is 0.335 e. The van der Waals surface area contributed by atoms with Crippen LogP contribution in [0.25, 0.3) is 0 Å². The molecule has 0 amide bonds. The van der Waals surface area contributed by atoms with Crippen molar-refractivity contribution in [1.82, 2.24) is 0 Å². The summed E-state index contributed by atoms with van der Waals surface area (Å²) in [4.78, 5) is 10.8. The molecule has 3 heteroatoms. The van der Waals surface area contributed by atoms with E-state index in [-0.39, 0.29) is 0 Å². The molecule has 0 fully saturated rings. The molecule has 0 bridgehead atoms. The number of unbranched alkanes of at least 4 members (excludes halogenated alkanes) is 5. The lowest BCUT2D eigenvalue weighted by atomic mass is 10.0. The van der Waals surface area contributed by atoms with Crippen LogP contribution in [0, 0.1) is 0 Å². The highest BCUT2D eigenvalue weighted by atomic mass is 16.5. The number of aryl methyl sites for hydroxylation is 1. The largest absolute Gasteiger partial charge is 0.478 e. The van der Waals surface area contributed by atoms with Crippen molar-refractivity contribution < 1.29 is 14.6 Å². The van der Waals surface area contributed by atoms with Gasteiger partial charge in [-0.05, 0) is 50.3 Å². The second-order valence-electron chi connectivity index (χ2n) is 6.34. The van der Waals surface area contributed by atoms with Crippen LogP contribution >= 0.6 is 0 Å². The first-order chi connectivity index (χ1) is 11.1. The fourth-order valence-electron chi connectivity index (χ4n) is 2.65. The van der Waals surface area contributed by atoms with Crippen LogP contribution in [0.2, 0.25) is 0 Å². The molecule has 1 aromatic carbocycles. The summed E-state index contributed by atoms with van der Waals surface area (Å²) in [5.41, 5.74) is 1.58. The molecule has 1 aromatic rings. The first kappa shape index (κ1) is 19.7. The van der Waals surface area contributed by atoms with Gasteiger partial charge >= 0.3 is 5.97 Å². The Labute approximate surface area is 141 Å². The Morgan fingerprint density at radius 3 is 2.39 bits per heavy atom. The molecule has 1 atom stereocenters. The van der Waals surface area contributed by atoms with Crippen molar-refractivity contribution in [3.8, 4) is 0 Å². The highest BCUT2D eigenvalue weighted by Crippen LogP contribution is 2.12. The maximum atomic E-state index is 10.8. The van der Waals surface area contributed by atoms with Gasteiger partial charge in [0.05, 0.1) is 11.7 Å². The summed E-state index contributed by atoms with van der Waals surface area (Å²) < 4.78 is 5.83. The van der Waals surface area contributed by atoms with E-state index in [1.165, 1.54) is 44.1 Å². The van der Waals surface area contributed by atoms with E-state index in [0.29, 0.717) is 11.7 Å². The van der Waals surface area contributed by atoms with Gasteiger partial charge in [0.25, 0.3) is 0 Å². The third-order valence-corrected chi connectivity index (χ3v) is 4.18. The van der Waals surface area contributed by atoms with Crippen LogP contribution in [0.4, 0.5) is 0 Å². The molecular weight excluding hydrogens is 288 g/mol. The molecule has 0 aliphatic heterocycles. The third-order valence-electron chi connectivity index (χ3n) is 4.18. The molecule has 3 nitrogen and oxygen atoms in total. The van der Waals surface area contributed by atoms with Crippen molar-refractivity contribution in [1.29, 1.82) is 0 Å². The maximum absolute atomic E-state index is 10.8. The number of hydrogen-bond acceptors (Lipinski definition) is 2. The molecule has 0 aromatic heterocycles. The van der Waals surface area contributed by atoms with E-state index in [9.17, 15) is 4.79 Å². The lowest BCUT2D eigenvalue weighted by molar-refractivity contribution is 0.0558. The Balaban J connectivity index is 2.03. The zero-order chi connectivity index (χ0) is 16.9. The summed E-state index contributed by atoms with van der Waals surface area (Å²) in [6.07, 6.45) is 11.1. The second kappa shape index (κ2) is 12.1. The van der Waals surface area contributed by atoms with Crippen molar-refractivity contribution in [2.24, 2.45) is 0 Å². The van der Waals surface area contributed by atoms with Gasteiger partial charge in [-0.25, -0.2) is 4.79 Å². The van der Waals surface area contributed by atoms with Gasteiger partial charge in [-0.1, -0.05) is 51.2 Å². The van der Waals surface area contributed by atoms with E-state index in [4.69, 9.17) is 9.84 Å². The molecule has 130 valence electrons. The summed E-state index contributed by atoms with van der Waals surface area (Å²) in [6.45, 7) is 5.30. The highest BCUT2D eigenvalue weighted by molar-refractivity contribution is 5.87. The molecule has 0 aliphatic rings. The standard InChI is InChI=1S/C20H32O3/c1-3-4-5-9-16-23-17(2)10-7-6-8-11-18-12-14-19(15-13-18)20(21)22/h12-15,17H,3-11,16H2,1-2H3,(H,21,22). The van der Waals surface area contributed by atoms with Crippen molar-refractivity contribution >= 4 is 5.97 Å². The molecule has 0 saturated carbocycles. The molecule has 0 saturated heterocycles. The van der Waals surface area contributed by atoms with Crippen LogP contribution in [0.3, 0.4) is 0 Å². The third kappa shape index (κ3) is 9.39. The van der Waals surface area contributed by atoms with E-state index in [1.807, 2.05) is 12.1 Å². The van der Waals surface area contributed by atoms with E-state index in [2.05, 4.69) is 13.8 Å². The fourth-order valence-corrected chi connectivity index (χ4v) is 2.65. The number of hydrogen-bond donors (Lipinski definition) is 1. The quantitative estimate of drug-likeness (QED) is 0.490. The number of carboxylic acids is 1. The number of rotatable bonds is 13. The summed E-state index contributed by atoms with van der Waals surface area (Å²) in [5.74, 6) is -0.861. The number of aromatic carboxylic acids is 1. The smallest absolute Gasteiger partial charge is 0.335 e. The van der Waals surface area contributed by atoms with Gasteiger partial charge in [0.2, 0.25) is 0 Å². The second-order valence-corrected chi connectivity index (χ2v) is 6.34. The van der Waals surface area contributed by atoms with Gasteiger partial charge in [0.15, 0.2) is 0 Å². The van der Waals surface area contributed by atoms with Crippen LogP contribution in [0.15, 0.2) is 24.3 Å². The lowest BCUT2D eigenvalue weighted by Gasteiger charge is -2.12. The Morgan fingerprint density at radius 2 is 1.74 bits per heavy atom. The van der Waals surface area contributed by atoms with Crippen LogP contribution in [-0.2, 0) is 11.2 Å². The molecule has 1 rings (SSSR count). The minimum atomic E-state index is -0.861. The van der Waals surface area contributed by atoms with Crippen LogP contribution < -0.4 is 0 Å². The Bertz CT molecular complexity index is 425. The average molecular weight is 320 g/mol. The topological polar surface area (TPSA) is 46.5 Å². The van der Waals surface area contributed by atoms with E-state index >= 15 is 0 Å². The van der Waals surface area contributed by atoms with Crippen molar-refractivity contribution in [3.63, 3.8) is 0 Å². The SMILES string of the molecule is CCCCCCOC(C)CCCCCc1ccc(C(=O)O)cc1. The predicted octanol–water partition coefficient (Wildman–Crippen LogP) is 5.47. The lowest BCUT2D eigenvalue weighted by Crippen LogP contribution is -2.09. The zero-order valence-corrected chi connectivity index (χ0v) is 14.7. The number of ether oxygens (including phenoxy) is 1. The molecule has 0 spiro atoms. The molecule has 23 heavy (non-hydrogen) atoms. The first-order valence-corrected chi connectivity index (χ1v) is 9.07. The first-order valence-electron chi connectivity index (χ1n) is 9.07. The summed E-state index contributed by atoms with van der Waals surface area (Å²) in [7, 11) is 0. The number of carboxylic acid groups (broad SMARTS) is 1. The molecule has 1 N–H and O–H groups in total. The van der Waals surface area contributed by atoms with E-state index in [0.717, 1.165) is 25.9 Å². The Hall–Kier alpha value is -1.35. The van der Waals surface area contributed by atoms with Gasteiger partial charge in [0.1, 0.15) is 0 Å². The van der Waals surface area contributed by atoms with Crippen molar-refractivity contribution in [3.05, 3.63) is 35.4 Å². The summed E-state index contributed by atoms with van der Waals surface area (Å²) in [6, 6.07) is 7.22. The van der Waals surface area contributed by atoms with Gasteiger partial charge < -0.3 is 9.84 Å². The van der Waals surface area contributed by atoms with E-state index in [1.54, 1.807) is 12.1 Å². The normalized spacial score (nSPS) is 12.3. The van der Waals surface area contributed by atoms with Gasteiger partial charge in [-0.3, -0.25) is 0 Å². The van der Waals surface area contributed by atoms with Crippen LogP contribution in [-0.4, -0.2) is 23.8 Å². The van der Waals surface area contributed by atoms with Gasteiger partial charge in [-0.2, -0.15) is 0 Å². The number of benzene rings is 1. The van der Waals surface area contributed by atoms with Crippen molar-refractivity contribution in [2.75, 3.05) is 6.61 Å². The predicted molar refractivity (Wildman–Crippen MR) is 95.1 cm³/mol. The van der Waals surface area contributed by atoms with Gasteiger partial charge in [-0.15, -0.1) is 0 Å². The summed E-state index contributed by atoms with van der Waals surface area (Å²) >= 11 is 0. The Kier molecular flexibility index (Phi) is 10.4. The molecule has 1 unspecified atom stereocenters. The molecule has 0 heterocycles. The van der Waals surface area contributed by atoms with Gasteiger partial charge in [0, 0.05) is 6.61 Å². The van der Waals surface area contributed by atoms with E-state index < -0.39 is 5.97 Å². The van der Waals surface area contributed by atoms with Crippen molar-refractivity contribution in [2.45, 2.75) is 77.7 Å². The average Bonchev–Trinajstić information content (AvgIpc) is 2.54. The van der Waals surface area contributed by atoms with Crippen LogP contribution in [0.5, 0.6) is 0 Å². The number of carbonyl (C=O) groups is 1. The highest BCUT2D eigenvalue weighted by Gasteiger charge is 2.03. The molecule has 0 radical (unpaired) electrons. The molecule has 0 aliphatic carbocycles. The minimum absolute atomic E-state index is 0.360. The van der Waals surface area contributed by atoms with Crippen LogP contribution in [0.1, 0.15) is 81.1 Å². The zero-order valence-electron chi connectivity index (χ0n) is 14.7. The fraction of sp³-hybridized carbons (Fsp3) is 0.650. The molecular formula is C20H32O3. The minimum Gasteiger partial charge on any atom is -0.478 e. The Morgan fingerprint density at radius 1 is 1.04 bits per heavy atom. The summed E-state index contributed by atoms with van der Waals surface area (Å²) in [5, 5.41) is 8.87.